The van der Waals surface area contributed by atoms with Crippen molar-refractivity contribution in [3.63, 3.8) is 0 Å². The molecule has 94 valence electrons. The molecule has 0 aliphatic carbocycles. The Kier molecular flexibility index (Phi) is 3.23. The first kappa shape index (κ1) is 12.8. The first-order valence-corrected chi connectivity index (χ1v) is 6.71. The van der Waals surface area contributed by atoms with E-state index in [0.29, 0.717) is 0 Å². The lowest BCUT2D eigenvalue weighted by Crippen LogP contribution is -1.89. The number of carboxylic acids is 2. The molecule has 0 atom stereocenters. The summed E-state index contributed by atoms with van der Waals surface area (Å²) in [6.07, 6.45) is 0. The Morgan fingerprint density at radius 3 is 1.44 bits per heavy atom. The molecule has 2 N–H and O–H groups in total. The SMILES string of the molecule is Cc1cc(C(=O)O)sc1-c1sc(C(=O)O)cc1C. The minimum atomic E-state index is -0.956. The predicted molar refractivity (Wildman–Crippen MR) is 71.0 cm³/mol. The highest BCUT2D eigenvalue weighted by Crippen LogP contribution is 2.39. The van der Waals surface area contributed by atoms with Crippen molar-refractivity contribution in [2.24, 2.45) is 0 Å². The fraction of sp³-hybridized carbons (Fsp3) is 0.167. The van der Waals surface area contributed by atoms with Gasteiger partial charge in [0.2, 0.25) is 0 Å². The van der Waals surface area contributed by atoms with Crippen molar-refractivity contribution in [1.82, 2.24) is 0 Å². The van der Waals surface area contributed by atoms with Gasteiger partial charge in [-0.2, -0.15) is 0 Å². The van der Waals surface area contributed by atoms with Crippen molar-refractivity contribution in [2.45, 2.75) is 13.8 Å². The summed E-state index contributed by atoms with van der Waals surface area (Å²) >= 11 is 2.36. The molecular weight excluding hydrogens is 272 g/mol. The average Bonchev–Trinajstić information content (AvgIpc) is 2.82. The molecule has 0 saturated heterocycles. The van der Waals surface area contributed by atoms with Crippen molar-refractivity contribution >= 4 is 34.6 Å². The van der Waals surface area contributed by atoms with Gasteiger partial charge < -0.3 is 10.2 Å². The van der Waals surface area contributed by atoms with Gasteiger partial charge in [0.15, 0.2) is 0 Å². The second kappa shape index (κ2) is 4.55. The molecule has 0 aliphatic heterocycles. The van der Waals surface area contributed by atoms with Crippen molar-refractivity contribution in [1.29, 1.82) is 0 Å². The quantitative estimate of drug-likeness (QED) is 0.903. The number of aromatic carboxylic acids is 2. The maximum Gasteiger partial charge on any atom is 0.345 e. The van der Waals surface area contributed by atoms with Gasteiger partial charge in [-0.3, -0.25) is 0 Å². The summed E-state index contributed by atoms with van der Waals surface area (Å²) in [5.41, 5.74) is 1.72. The number of hydrogen-bond donors (Lipinski definition) is 2. The molecule has 0 bridgehead atoms. The van der Waals surface area contributed by atoms with E-state index in [-0.39, 0.29) is 9.75 Å². The zero-order valence-electron chi connectivity index (χ0n) is 9.68. The summed E-state index contributed by atoms with van der Waals surface area (Å²) in [6.45, 7) is 3.66. The molecule has 4 nitrogen and oxygen atoms in total. The highest BCUT2D eigenvalue weighted by atomic mass is 32.1. The van der Waals surface area contributed by atoms with Gasteiger partial charge >= 0.3 is 11.9 Å². The second-order valence-electron chi connectivity index (χ2n) is 3.86. The van der Waals surface area contributed by atoms with Crippen LogP contribution in [0.3, 0.4) is 0 Å². The molecule has 0 saturated carbocycles. The van der Waals surface area contributed by atoms with Crippen LogP contribution in [0.5, 0.6) is 0 Å². The van der Waals surface area contributed by atoms with Gasteiger partial charge in [0.05, 0.1) is 0 Å². The third kappa shape index (κ3) is 2.16. The van der Waals surface area contributed by atoms with Crippen LogP contribution in [0, 0.1) is 13.8 Å². The van der Waals surface area contributed by atoms with Crippen molar-refractivity contribution in [3.05, 3.63) is 33.0 Å². The van der Waals surface area contributed by atoms with E-state index in [4.69, 9.17) is 10.2 Å². The van der Waals surface area contributed by atoms with E-state index >= 15 is 0 Å². The van der Waals surface area contributed by atoms with Gasteiger partial charge in [-0.25, -0.2) is 9.59 Å². The fourth-order valence-corrected chi connectivity index (χ4v) is 3.91. The molecule has 0 fully saturated rings. The molecule has 0 aromatic carbocycles. The van der Waals surface area contributed by atoms with Gasteiger partial charge in [-0.15, -0.1) is 22.7 Å². The normalized spacial score (nSPS) is 10.6. The zero-order valence-corrected chi connectivity index (χ0v) is 11.3. The minimum Gasteiger partial charge on any atom is -0.477 e. The van der Waals surface area contributed by atoms with Crippen LogP contribution < -0.4 is 0 Å². The molecular formula is C12H10O4S2. The van der Waals surface area contributed by atoms with E-state index in [1.807, 2.05) is 13.8 Å². The minimum absolute atomic E-state index is 0.271. The second-order valence-corrected chi connectivity index (χ2v) is 5.96. The van der Waals surface area contributed by atoms with Crippen LogP contribution in [-0.4, -0.2) is 22.2 Å². The Bertz CT molecular complexity index is 580. The van der Waals surface area contributed by atoms with Gasteiger partial charge in [0, 0.05) is 9.75 Å². The first-order valence-electron chi connectivity index (χ1n) is 5.08. The third-order valence-corrected chi connectivity index (χ3v) is 5.08. The number of aryl methyl sites for hydroxylation is 2. The summed E-state index contributed by atoms with van der Waals surface area (Å²) in [4.78, 5) is 24.0. The maximum absolute atomic E-state index is 10.9. The van der Waals surface area contributed by atoms with Crippen LogP contribution in [0.2, 0.25) is 0 Å². The van der Waals surface area contributed by atoms with E-state index in [9.17, 15) is 9.59 Å². The molecule has 6 heteroatoms. The van der Waals surface area contributed by atoms with Crippen LogP contribution in [0.15, 0.2) is 12.1 Å². The van der Waals surface area contributed by atoms with Crippen molar-refractivity contribution in [2.75, 3.05) is 0 Å². The Morgan fingerprint density at radius 2 is 1.22 bits per heavy atom. The molecule has 18 heavy (non-hydrogen) atoms. The van der Waals surface area contributed by atoms with Crippen LogP contribution in [0.25, 0.3) is 9.75 Å². The van der Waals surface area contributed by atoms with E-state index < -0.39 is 11.9 Å². The monoisotopic (exact) mass is 282 g/mol. The van der Waals surface area contributed by atoms with Crippen molar-refractivity contribution in [3.8, 4) is 9.75 Å². The Morgan fingerprint density at radius 1 is 0.889 bits per heavy atom. The van der Waals surface area contributed by atoms with Crippen LogP contribution in [-0.2, 0) is 0 Å². The number of carboxylic acid groups (broad SMARTS) is 2. The highest BCUT2D eigenvalue weighted by Gasteiger charge is 2.18. The Balaban J connectivity index is 2.54. The van der Waals surface area contributed by atoms with Gasteiger partial charge in [-0.05, 0) is 37.1 Å². The third-order valence-electron chi connectivity index (χ3n) is 2.46. The number of rotatable bonds is 3. The lowest BCUT2D eigenvalue weighted by molar-refractivity contribution is 0.0691. The number of hydrogen-bond acceptors (Lipinski definition) is 4. The smallest absolute Gasteiger partial charge is 0.345 e. The lowest BCUT2D eigenvalue weighted by atomic mass is 10.2. The first-order chi connectivity index (χ1) is 8.40. The van der Waals surface area contributed by atoms with Gasteiger partial charge in [0.25, 0.3) is 0 Å². The number of thiophene rings is 2. The average molecular weight is 282 g/mol. The molecule has 0 amide bonds. The molecule has 2 heterocycles. The largest absolute Gasteiger partial charge is 0.477 e. The summed E-state index contributed by atoms with van der Waals surface area (Å²) in [7, 11) is 0. The zero-order chi connectivity index (χ0) is 13.4. The van der Waals surface area contributed by atoms with Crippen molar-refractivity contribution < 1.29 is 19.8 Å². The van der Waals surface area contributed by atoms with E-state index in [0.717, 1.165) is 20.9 Å². The molecule has 2 aromatic heterocycles. The molecule has 0 radical (unpaired) electrons. The lowest BCUT2D eigenvalue weighted by Gasteiger charge is -1.96. The summed E-state index contributed by atoms with van der Waals surface area (Å²) in [6, 6.07) is 3.23. The summed E-state index contributed by atoms with van der Waals surface area (Å²) in [5, 5.41) is 17.9. The topological polar surface area (TPSA) is 74.6 Å². The van der Waals surface area contributed by atoms with E-state index in [1.165, 1.54) is 22.7 Å². The standard InChI is InChI=1S/C12H10O4S2/c1-5-3-7(11(13)14)17-9(5)10-6(2)4-8(18-10)12(15)16/h3-4H,1-2H3,(H,13,14)(H,15,16). The fourth-order valence-electron chi connectivity index (χ4n) is 1.63. The van der Waals surface area contributed by atoms with E-state index in [1.54, 1.807) is 12.1 Å². The maximum atomic E-state index is 10.9. The predicted octanol–water partition coefficient (Wildman–Crippen LogP) is 3.49. The molecule has 0 aliphatic rings. The molecule has 0 unspecified atom stereocenters. The van der Waals surface area contributed by atoms with Gasteiger partial charge in [-0.1, -0.05) is 0 Å². The summed E-state index contributed by atoms with van der Waals surface area (Å²) in [5.74, 6) is -1.91. The summed E-state index contributed by atoms with van der Waals surface area (Å²) < 4.78 is 0. The Hall–Kier alpha value is -1.66. The van der Waals surface area contributed by atoms with Crippen LogP contribution in [0.1, 0.15) is 30.5 Å². The number of carbonyl (C=O) groups is 2. The Labute approximate surface area is 111 Å². The van der Waals surface area contributed by atoms with Gasteiger partial charge in [0.1, 0.15) is 9.75 Å². The van der Waals surface area contributed by atoms with Crippen LogP contribution in [0.4, 0.5) is 0 Å². The van der Waals surface area contributed by atoms with Crippen LogP contribution >= 0.6 is 22.7 Å². The molecule has 0 spiro atoms. The molecule has 2 aromatic rings. The van der Waals surface area contributed by atoms with E-state index in [2.05, 4.69) is 0 Å². The molecule has 2 rings (SSSR count). The highest BCUT2D eigenvalue weighted by molar-refractivity contribution is 7.24.